The Morgan fingerprint density at radius 1 is 1.75 bits per heavy atom. The van der Waals surface area contributed by atoms with E-state index in [1.165, 1.54) is 0 Å². The topological polar surface area (TPSA) is 13.1 Å². The minimum absolute atomic E-state index is 0.561. The normalized spacial score (nSPS) is 9.75. The van der Waals surface area contributed by atoms with Crippen molar-refractivity contribution < 1.29 is 4.42 Å². The maximum atomic E-state index is 5.60. The zero-order valence-electron chi connectivity index (χ0n) is 4.10. The van der Waals surface area contributed by atoms with Gasteiger partial charge in [0, 0.05) is 0 Å². The van der Waals surface area contributed by atoms with Gasteiger partial charge in [-0.1, -0.05) is 11.6 Å². The Labute approximate surface area is 58.0 Å². The SMILES string of the molecule is SCc1occc1Cl. The van der Waals surface area contributed by atoms with E-state index in [0.29, 0.717) is 10.8 Å². The highest BCUT2D eigenvalue weighted by molar-refractivity contribution is 7.79. The van der Waals surface area contributed by atoms with E-state index >= 15 is 0 Å². The standard InChI is InChI=1S/C5H5ClOS/c6-4-1-2-7-5(4)3-8/h1-2,8H,3H2. The van der Waals surface area contributed by atoms with Crippen molar-refractivity contribution in [2.24, 2.45) is 0 Å². The molecule has 1 nitrogen and oxygen atoms in total. The summed E-state index contributed by atoms with van der Waals surface area (Å²) >= 11 is 9.56. The Bertz CT molecular complexity index is 173. The van der Waals surface area contributed by atoms with Gasteiger partial charge in [-0.25, -0.2) is 0 Å². The second kappa shape index (κ2) is 2.46. The second-order valence-electron chi connectivity index (χ2n) is 1.35. The molecule has 44 valence electrons. The molecule has 0 spiro atoms. The Hall–Kier alpha value is -0.0800. The van der Waals surface area contributed by atoms with Crippen molar-refractivity contribution in [2.75, 3.05) is 0 Å². The Kier molecular flexibility index (Phi) is 1.86. The number of hydrogen-bond donors (Lipinski definition) is 1. The number of thiol groups is 1. The number of furan rings is 1. The average Bonchev–Trinajstić information content (AvgIpc) is 2.14. The first kappa shape index (κ1) is 6.05. The predicted molar refractivity (Wildman–Crippen MR) is 36.4 cm³/mol. The molecule has 1 aromatic rings. The van der Waals surface area contributed by atoms with Crippen molar-refractivity contribution in [1.82, 2.24) is 0 Å². The van der Waals surface area contributed by atoms with Crippen LogP contribution in [0.2, 0.25) is 5.02 Å². The molecule has 8 heavy (non-hydrogen) atoms. The molecular formula is C5H5ClOS. The van der Waals surface area contributed by atoms with Gasteiger partial charge in [0.15, 0.2) is 0 Å². The van der Waals surface area contributed by atoms with Crippen LogP contribution >= 0.6 is 24.2 Å². The first-order valence-corrected chi connectivity index (χ1v) is 3.18. The summed E-state index contributed by atoms with van der Waals surface area (Å²) in [7, 11) is 0. The van der Waals surface area contributed by atoms with Crippen molar-refractivity contribution in [3.8, 4) is 0 Å². The van der Waals surface area contributed by atoms with Crippen LogP contribution in [0.25, 0.3) is 0 Å². The number of rotatable bonds is 1. The Balaban J connectivity index is 2.92. The van der Waals surface area contributed by atoms with Gasteiger partial charge in [0.25, 0.3) is 0 Å². The fourth-order valence-electron chi connectivity index (χ4n) is 0.438. The van der Waals surface area contributed by atoms with Crippen LogP contribution < -0.4 is 0 Å². The molecule has 0 amide bonds. The predicted octanol–water partition coefficient (Wildman–Crippen LogP) is 2.36. The Morgan fingerprint density at radius 3 is 2.75 bits per heavy atom. The molecule has 0 radical (unpaired) electrons. The summed E-state index contributed by atoms with van der Waals surface area (Å²) in [5, 5.41) is 0.653. The van der Waals surface area contributed by atoms with Crippen molar-refractivity contribution in [3.05, 3.63) is 23.1 Å². The molecule has 0 N–H and O–H groups in total. The van der Waals surface area contributed by atoms with E-state index in [-0.39, 0.29) is 0 Å². The quantitative estimate of drug-likeness (QED) is 0.604. The van der Waals surface area contributed by atoms with Crippen molar-refractivity contribution in [3.63, 3.8) is 0 Å². The maximum absolute atomic E-state index is 5.60. The number of hydrogen-bond acceptors (Lipinski definition) is 2. The van der Waals surface area contributed by atoms with E-state index in [2.05, 4.69) is 12.6 Å². The van der Waals surface area contributed by atoms with Gasteiger partial charge in [0.05, 0.1) is 17.0 Å². The molecule has 0 aliphatic carbocycles. The van der Waals surface area contributed by atoms with Gasteiger partial charge in [-0.3, -0.25) is 0 Å². The average molecular weight is 149 g/mol. The molecule has 0 aromatic carbocycles. The van der Waals surface area contributed by atoms with Crippen molar-refractivity contribution in [2.45, 2.75) is 5.75 Å². The van der Waals surface area contributed by atoms with Crippen molar-refractivity contribution in [1.29, 1.82) is 0 Å². The van der Waals surface area contributed by atoms with Crippen LogP contribution in [0.1, 0.15) is 5.76 Å². The van der Waals surface area contributed by atoms with Crippen molar-refractivity contribution >= 4 is 24.2 Å². The molecule has 1 rings (SSSR count). The van der Waals surface area contributed by atoms with Crippen LogP contribution in [-0.2, 0) is 5.75 Å². The summed E-state index contributed by atoms with van der Waals surface area (Å²) in [6.45, 7) is 0. The molecule has 0 bridgehead atoms. The molecule has 1 aromatic heterocycles. The van der Waals surface area contributed by atoms with E-state index in [1.807, 2.05) is 0 Å². The summed E-state index contributed by atoms with van der Waals surface area (Å²) in [5.74, 6) is 1.29. The largest absolute Gasteiger partial charge is 0.467 e. The lowest BCUT2D eigenvalue weighted by molar-refractivity contribution is 0.531. The molecule has 0 saturated carbocycles. The lowest BCUT2D eigenvalue weighted by Crippen LogP contribution is -1.67. The highest BCUT2D eigenvalue weighted by Gasteiger charge is 1.97. The molecule has 0 unspecified atom stereocenters. The molecule has 0 aliphatic heterocycles. The summed E-state index contributed by atoms with van der Waals surface area (Å²) in [5.41, 5.74) is 0. The van der Waals surface area contributed by atoms with Gasteiger partial charge in [0.1, 0.15) is 5.76 Å². The summed E-state index contributed by atoms with van der Waals surface area (Å²) in [6.07, 6.45) is 1.55. The fraction of sp³-hybridized carbons (Fsp3) is 0.200. The molecule has 1 heterocycles. The van der Waals surface area contributed by atoms with E-state index in [9.17, 15) is 0 Å². The highest BCUT2D eigenvalue weighted by atomic mass is 35.5. The molecule has 0 aliphatic rings. The monoisotopic (exact) mass is 148 g/mol. The molecule has 3 heteroatoms. The van der Waals surface area contributed by atoms with Gasteiger partial charge in [-0.05, 0) is 6.07 Å². The highest BCUT2D eigenvalue weighted by Crippen LogP contribution is 2.17. The number of halogens is 1. The minimum Gasteiger partial charge on any atom is -0.467 e. The van der Waals surface area contributed by atoms with Crippen LogP contribution in [0.15, 0.2) is 16.7 Å². The maximum Gasteiger partial charge on any atom is 0.131 e. The van der Waals surface area contributed by atoms with Gasteiger partial charge >= 0.3 is 0 Å². The lowest BCUT2D eigenvalue weighted by atomic mass is 10.5. The third-order valence-corrected chi connectivity index (χ3v) is 1.46. The zero-order valence-corrected chi connectivity index (χ0v) is 5.75. The Morgan fingerprint density at radius 2 is 2.50 bits per heavy atom. The van der Waals surface area contributed by atoms with Crippen LogP contribution in [-0.4, -0.2) is 0 Å². The van der Waals surface area contributed by atoms with E-state index in [4.69, 9.17) is 16.0 Å². The zero-order chi connectivity index (χ0) is 5.98. The van der Waals surface area contributed by atoms with E-state index in [1.54, 1.807) is 12.3 Å². The van der Waals surface area contributed by atoms with Crippen LogP contribution in [0.3, 0.4) is 0 Å². The summed E-state index contributed by atoms with van der Waals surface area (Å²) in [4.78, 5) is 0. The third kappa shape index (κ3) is 1.01. The van der Waals surface area contributed by atoms with Crippen LogP contribution in [0, 0.1) is 0 Å². The minimum atomic E-state index is 0.561. The third-order valence-electron chi connectivity index (χ3n) is 0.835. The van der Waals surface area contributed by atoms with Gasteiger partial charge in [0.2, 0.25) is 0 Å². The molecule has 0 saturated heterocycles. The second-order valence-corrected chi connectivity index (χ2v) is 2.07. The van der Waals surface area contributed by atoms with Gasteiger partial charge in [-0.15, -0.1) is 0 Å². The van der Waals surface area contributed by atoms with Gasteiger partial charge < -0.3 is 4.42 Å². The molecular weight excluding hydrogens is 144 g/mol. The fourth-order valence-corrected chi connectivity index (χ4v) is 0.939. The smallest absolute Gasteiger partial charge is 0.131 e. The summed E-state index contributed by atoms with van der Waals surface area (Å²) in [6, 6.07) is 1.70. The van der Waals surface area contributed by atoms with Crippen LogP contribution in [0.4, 0.5) is 0 Å². The van der Waals surface area contributed by atoms with E-state index < -0.39 is 0 Å². The summed E-state index contributed by atoms with van der Waals surface area (Å²) < 4.78 is 4.91. The lowest BCUT2D eigenvalue weighted by Gasteiger charge is -1.84. The van der Waals surface area contributed by atoms with Crippen LogP contribution in [0.5, 0.6) is 0 Å². The first-order chi connectivity index (χ1) is 3.84. The molecule has 0 atom stereocenters. The first-order valence-electron chi connectivity index (χ1n) is 2.17. The molecule has 0 fully saturated rings. The van der Waals surface area contributed by atoms with E-state index in [0.717, 1.165) is 5.76 Å². The van der Waals surface area contributed by atoms with Gasteiger partial charge in [-0.2, -0.15) is 12.6 Å².